The van der Waals surface area contributed by atoms with Crippen LogP contribution in [0.2, 0.25) is 0 Å². The molecule has 0 radical (unpaired) electrons. The number of nitrogens with two attached hydrogens (primary N) is 1. The molecule has 0 spiro atoms. The lowest BCUT2D eigenvalue weighted by atomic mass is 10.2. The van der Waals surface area contributed by atoms with Crippen molar-refractivity contribution in [3.05, 3.63) is 40.6 Å². The van der Waals surface area contributed by atoms with Gasteiger partial charge >= 0.3 is 0 Å². The molecule has 4 N–H and O–H groups in total. The predicted octanol–water partition coefficient (Wildman–Crippen LogP) is 4.63. The monoisotopic (exact) mass is 376 g/mol. The van der Waals surface area contributed by atoms with E-state index >= 15 is 0 Å². The molecule has 0 bridgehead atoms. The number of nitrogens with zero attached hydrogens (tertiary/aromatic N) is 1. The topological polar surface area (TPSA) is 84.0 Å². The number of hydrogen-bond acceptors (Lipinski definition) is 7. The smallest absolute Gasteiger partial charge is 0.187 e. The minimum absolute atomic E-state index is 0.0911. The van der Waals surface area contributed by atoms with Crippen LogP contribution >= 0.6 is 34.4 Å². The third kappa shape index (κ3) is 3.55. The van der Waals surface area contributed by atoms with Crippen LogP contribution in [0.15, 0.2) is 39.9 Å². The molecular formula is C16H16N4OS3. The molecule has 3 aromatic rings. The van der Waals surface area contributed by atoms with Crippen molar-refractivity contribution in [2.75, 3.05) is 18.7 Å². The highest BCUT2D eigenvalue weighted by Gasteiger charge is 2.15. The van der Waals surface area contributed by atoms with E-state index < -0.39 is 0 Å². The van der Waals surface area contributed by atoms with Crippen LogP contribution in [0.1, 0.15) is 4.88 Å². The van der Waals surface area contributed by atoms with Crippen LogP contribution in [0, 0.1) is 5.41 Å². The zero-order valence-electron chi connectivity index (χ0n) is 13.1. The molecule has 0 saturated carbocycles. The summed E-state index contributed by atoms with van der Waals surface area (Å²) < 4.78 is 6.27. The number of ether oxygens (including phenoxy) is 1. The summed E-state index contributed by atoms with van der Waals surface area (Å²) in [6, 6.07) is 9.64. The van der Waals surface area contributed by atoms with Crippen molar-refractivity contribution in [3.8, 4) is 17.0 Å². The van der Waals surface area contributed by atoms with Gasteiger partial charge in [-0.15, -0.1) is 34.4 Å². The number of nitrogen functional groups attached to an aromatic ring is 1. The van der Waals surface area contributed by atoms with E-state index in [1.165, 1.54) is 11.3 Å². The number of thiophene rings is 1. The third-order valence-electron chi connectivity index (χ3n) is 3.27. The fraction of sp³-hybridized carbons (Fsp3) is 0.125. The minimum Gasteiger partial charge on any atom is -0.497 e. The van der Waals surface area contributed by atoms with Gasteiger partial charge in [-0.05, 0) is 36.6 Å². The van der Waals surface area contributed by atoms with Gasteiger partial charge in [0, 0.05) is 16.6 Å². The summed E-state index contributed by atoms with van der Waals surface area (Å²) in [7, 11) is 1.65. The third-order valence-corrected chi connectivity index (χ3v) is 6.33. The molecule has 2 aromatic heterocycles. The molecule has 0 saturated heterocycles. The fourth-order valence-corrected chi connectivity index (χ4v) is 4.57. The molecule has 0 aliphatic carbocycles. The quantitative estimate of drug-likeness (QED) is 0.332. The maximum Gasteiger partial charge on any atom is 0.187 e. The van der Waals surface area contributed by atoms with Crippen molar-refractivity contribution in [1.82, 2.24) is 4.98 Å². The zero-order chi connectivity index (χ0) is 17.1. The number of nitrogens with one attached hydrogen (secondary N) is 2. The van der Waals surface area contributed by atoms with Crippen LogP contribution in [-0.2, 0) is 0 Å². The second-order valence-electron chi connectivity index (χ2n) is 4.82. The number of hydrogen-bond donors (Lipinski definition) is 3. The standard InChI is InChI=1S/C16H16N4OS3/c1-21-10-5-3-9(4-6-10)19-16-20-12(8-23-16)11-7-13(14(17)18)24-15(11)22-2/h3-8H,1-2H3,(H3,17,18)(H,19,20). The average molecular weight is 377 g/mol. The Kier molecular flexibility index (Phi) is 5.08. The summed E-state index contributed by atoms with van der Waals surface area (Å²) in [4.78, 5) is 5.43. The SMILES string of the molecule is COc1ccc(Nc2nc(-c3cc(C(=N)N)sc3SC)cs2)cc1. The van der Waals surface area contributed by atoms with Gasteiger partial charge in [-0.25, -0.2) is 4.98 Å². The molecule has 0 aliphatic heterocycles. The van der Waals surface area contributed by atoms with E-state index in [-0.39, 0.29) is 5.84 Å². The summed E-state index contributed by atoms with van der Waals surface area (Å²) in [6.45, 7) is 0. The van der Waals surface area contributed by atoms with Crippen molar-refractivity contribution in [1.29, 1.82) is 5.41 Å². The number of thioether (sulfide) groups is 1. The summed E-state index contributed by atoms with van der Waals surface area (Å²) >= 11 is 4.71. The first kappa shape index (κ1) is 16.8. The molecule has 5 nitrogen and oxygen atoms in total. The zero-order valence-corrected chi connectivity index (χ0v) is 15.6. The van der Waals surface area contributed by atoms with E-state index in [0.717, 1.165) is 36.9 Å². The van der Waals surface area contributed by atoms with Crippen molar-refractivity contribution in [2.45, 2.75) is 4.21 Å². The van der Waals surface area contributed by atoms with Gasteiger partial charge in [0.2, 0.25) is 0 Å². The van der Waals surface area contributed by atoms with Crippen LogP contribution in [0.3, 0.4) is 0 Å². The lowest BCUT2D eigenvalue weighted by molar-refractivity contribution is 0.415. The number of rotatable bonds is 6. The van der Waals surface area contributed by atoms with E-state index in [2.05, 4.69) is 10.3 Å². The summed E-state index contributed by atoms with van der Waals surface area (Å²) in [5.74, 6) is 0.911. The Balaban J connectivity index is 1.83. The number of benzene rings is 1. The van der Waals surface area contributed by atoms with Gasteiger partial charge in [0.05, 0.1) is 21.9 Å². The largest absolute Gasteiger partial charge is 0.497 e. The first-order valence-electron chi connectivity index (χ1n) is 7.00. The van der Waals surface area contributed by atoms with Gasteiger partial charge in [0.1, 0.15) is 11.6 Å². The van der Waals surface area contributed by atoms with E-state index in [1.807, 2.05) is 42.0 Å². The molecule has 3 rings (SSSR count). The average Bonchev–Trinajstić information content (AvgIpc) is 3.21. The van der Waals surface area contributed by atoms with E-state index in [0.29, 0.717) is 0 Å². The maximum atomic E-state index is 7.61. The molecule has 0 fully saturated rings. The van der Waals surface area contributed by atoms with Gasteiger partial charge in [-0.2, -0.15) is 0 Å². The molecule has 8 heteroatoms. The summed E-state index contributed by atoms with van der Waals surface area (Å²) in [5.41, 5.74) is 8.48. The van der Waals surface area contributed by atoms with Crippen molar-refractivity contribution >= 4 is 51.1 Å². The minimum atomic E-state index is 0.0911. The van der Waals surface area contributed by atoms with Crippen LogP contribution < -0.4 is 15.8 Å². The van der Waals surface area contributed by atoms with Gasteiger partial charge in [-0.1, -0.05) is 0 Å². The number of thiazole rings is 1. The van der Waals surface area contributed by atoms with E-state index in [9.17, 15) is 0 Å². The maximum absolute atomic E-state index is 7.61. The van der Waals surface area contributed by atoms with Crippen LogP contribution in [-0.4, -0.2) is 24.2 Å². The highest BCUT2D eigenvalue weighted by atomic mass is 32.2. The molecule has 0 unspecified atom stereocenters. The number of amidine groups is 1. The Morgan fingerprint density at radius 3 is 2.71 bits per heavy atom. The van der Waals surface area contributed by atoms with Gasteiger partial charge < -0.3 is 15.8 Å². The second kappa shape index (κ2) is 7.25. The Bertz CT molecular complexity index is 855. The molecule has 1 aromatic carbocycles. The van der Waals surface area contributed by atoms with Crippen LogP contribution in [0.4, 0.5) is 10.8 Å². The Labute approximate surface area is 152 Å². The molecule has 0 amide bonds. The highest BCUT2D eigenvalue weighted by molar-refractivity contribution is 8.00. The molecule has 124 valence electrons. The van der Waals surface area contributed by atoms with Crippen LogP contribution in [0.25, 0.3) is 11.3 Å². The summed E-state index contributed by atoms with van der Waals surface area (Å²) in [5, 5.41) is 13.7. The Hall–Kier alpha value is -2.03. The van der Waals surface area contributed by atoms with Crippen LogP contribution in [0.5, 0.6) is 5.75 Å². The van der Waals surface area contributed by atoms with Gasteiger partial charge in [0.15, 0.2) is 5.13 Å². The first-order chi connectivity index (χ1) is 11.6. The van der Waals surface area contributed by atoms with Crippen molar-refractivity contribution in [3.63, 3.8) is 0 Å². The molecular weight excluding hydrogens is 360 g/mol. The number of anilines is 2. The number of methoxy groups -OCH3 is 1. The normalized spacial score (nSPS) is 10.6. The van der Waals surface area contributed by atoms with E-state index in [4.69, 9.17) is 15.9 Å². The van der Waals surface area contributed by atoms with Gasteiger partial charge in [-0.3, -0.25) is 5.41 Å². The molecule has 2 heterocycles. The molecule has 24 heavy (non-hydrogen) atoms. The van der Waals surface area contributed by atoms with Crippen molar-refractivity contribution < 1.29 is 4.74 Å². The fourth-order valence-electron chi connectivity index (χ4n) is 2.09. The second-order valence-corrected chi connectivity index (χ2v) is 7.81. The first-order valence-corrected chi connectivity index (χ1v) is 9.92. The molecule has 0 atom stereocenters. The van der Waals surface area contributed by atoms with E-state index in [1.54, 1.807) is 30.2 Å². The molecule has 0 aliphatic rings. The lowest BCUT2D eigenvalue weighted by Crippen LogP contribution is -2.08. The lowest BCUT2D eigenvalue weighted by Gasteiger charge is -2.04. The van der Waals surface area contributed by atoms with Crippen molar-refractivity contribution in [2.24, 2.45) is 5.73 Å². The Morgan fingerprint density at radius 1 is 1.33 bits per heavy atom. The summed E-state index contributed by atoms with van der Waals surface area (Å²) in [6.07, 6.45) is 2.02. The Morgan fingerprint density at radius 2 is 2.08 bits per heavy atom. The highest BCUT2D eigenvalue weighted by Crippen LogP contribution is 2.39. The number of aromatic nitrogens is 1. The predicted molar refractivity (Wildman–Crippen MR) is 105 cm³/mol. The van der Waals surface area contributed by atoms with Gasteiger partial charge in [0.25, 0.3) is 0 Å².